The Hall–Kier alpha value is -2.62. The molecule has 0 radical (unpaired) electrons. The molecule has 0 unspecified atom stereocenters. The fourth-order valence-corrected chi connectivity index (χ4v) is 1.95. The molecule has 2 heterocycles. The molecule has 100 valence electrons. The van der Waals surface area contributed by atoms with Crippen molar-refractivity contribution in [3.63, 3.8) is 0 Å². The van der Waals surface area contributed by atoms with Crippen LogP contribution in [0.25, 0.3) is 6.08 Å². The molecular formula is C16H13NO3. The van der Waals surface area contributed by atoms with Gasteiger partial charge in [0.1, 0.15) is 19.0 Å². The summed E-state index contributed by atoms with van der Waals surface area (Å²) < 4.78 is 10.8. The Balaban J connectivity index is 1.68. The largest absolute Gasteiger partial charge is 0.488 e. The molecule has 0 saturated heterocycles. The first-order chi connectivity index (χ1) is 9.83. The van der Waals surface area contributed by atoms with Gasteiger partial charge in [-0.15, -0.1) is 0 Å². The number of rotatable bonds is 3. The minimum Gasteiger partial charge on any atom is -0.488 e. The minimum atomic E-state index is -0.370. The summed E-state index contributed by atoms with van der Waals surface area (Å²) in [6.07, 6.45) is 3.47. The molecule has 0 N–H and O–H groups in total. The molecule has 1 aromatic carbocycles. The van der Waals surface area contributed by atoms with Crippen LogP contribution in [0, 0.1) is 0 Å². The zero-order valence-electron chi connectivity index (χ0n) is 10.8. The molecule has 0 fully saturated rings. The summed E-state index contributed by atoms with van der Waals surface area (Å²) in [6, 6.07) is 13.1. The number of hydrogen-bond donors (Lipinski definition) is 0. The predicted octanol–water partition coefficient (Wildman–Crippen LogP) is 2.60. The molecular weight excluding hydrogens is 254 g/mol. The van der Waals surface area contributed by atoms with E-state index < -0.39 is 0 Å². The molecule has 0 atom stereocenters. The van der Waals surface area contributed by atoms with Crippen LogP contribution in [0.3, 0.4) is 0 Å². The average Bonchev–Trinajstić information content (AvgIpc) is 2.53. The standard InChI is InChI=1S/C16H13NO3/c18-16(20-11-14-6-3-4-8-17-14)13-9-12-5-1-2-7-15(12)19-10-13/h1-9H,10-11H2. The molecule has 4 heteroatoms. The highest BCUT2D eigenvalue weighted by Crippen LogP contribution is 2.26. The van der Waals surface area contributed by atoms with Crippen LogP contribution in [-0.4, -0.2) is 17.6 Å². The number of nitrogens with zero attached hydrogens (tertiary/aromatic N) is 1. The summed E-state index contributed by atoms with van der Waals surface area (Å²) in [4.78, 5) is 16.1. The van der Waals surface area contributed by atoms with E-state index in [1.807, 2.05) is 42.5 Å². The minimum absolute atomic E-state index is 0.165. The van der Waals surface area contributed by atoms with E-state index in [0.717, 1.165) is 17.0 Å². The number of pyridine rings is 1. The molecule has 1 aliphatic heterocycles. The first-order valence-electron chi connectivity index (χ1n) is 6.32. The highest BCUT2D eigenvalue weighted by molar-refractivity contribution is 5.95. The predicted molar refractivity (Wildman–Crippen MR) is 73.9 cm³/mol. The second-order valence-corrected chi connectivity index (χ2v) is 4.39. The van der Waals surface area contributed by atoms with Crippen LogP contribution in [0.15, 0.2) is 54.2 Å². The van der Waals surface area contributed by atoms with Gasteiger partial charge in [-0.2, -0.15) is 0 Å². The Morgan fingerprint density at radius 1 is 1.20 bits per heavy atom. The number of hydrogen-bond acceptors (Lipinski definition) is 4. The molecule has 20 heavy (non-hydrogen) atoms. The number of esters is 1. The third kappa shape index (κ3) is 2.69. The van der Waals surface area contributed by atoms with E-state index in [1.54, 1.807) is 12.3 Å². The van der Waals surface area contributed by atoms with Crippen molar-refractivity contribution >= 4 is 12.0 Å². The number of carbonyl (C=O) groups is 1. The molecule has 1 aliphatic rings. The lowest BCUT2D eigenvalue weighted by Crippen LogP contribution is -2.17. The summed E-state index contributed by atoms with van der Waals surface area (Å²) in [5, 5.41) is 0. The van der Waals surface area contributed by atoms with Crippen molar-refractivity contribution in [2.75, 3.05) is 6.61 Å². The maximum atomic E-state index is 12.0. The highest BCUT2D eigenvalue weighted by atomic mass is 16.5. The molecule has 0 bridgehead atoms. The van der Waals surface area contributed by atoms with Gasteiger partial charge in [0.2, 0.25) is 0 Å². The van der Waals surface area contributed by atoms with Crippen molar-refractivity contribution in [2.45, 2.75) is 6.61 Å². The summed E-state index contributed by atoms with van der Waals surface area (Å²) in [5.41, 5.74) is 2.13. The zero-order chi connectivity index (χ0) is 13.8. The van der Waals surface area contributed by atoms with Crippen LogP contribution in [0.4, 0.5) is 0 Å². The van der Waals surface area contributed by atoms with Crippen molar-refractivity contribution in [1.29, 1.82) is 0 Å². The maximum absolute atomic E-state index is 12.0. The Bertz CT molecular complexity index is 650. The maximum Gasteiger partial charge on any atom is 0.337 e. The van der Waals surface area contributed by atoms with Crippen LogP contribution in [0.1, 0.15) is 11.3 Å². The van der Waals surface area contributed by atoms with Crippen LogP contribution in [0.5, 0.6) is 5.75 Å². The van der Waals surface area contributed by atoms with E-state index in [2.05, 4.69) is 4.98 Å². The van der Waals surface area contributed by atoms with Gasteiger partial charge in [0.05, 0.1) is 11.3 Å². The summed E-state index contributed by atoms with van der Waals surface area (Å²) in [7, 11) is 0. The Labute approximate surface area is 116 Å². The van der Waals surface area contributed by atoms with Crippen LogP contribution in [0.2, 0.25) is 0 Å². The fraction of sp³-hybridized carbons (Fsp3) is 0.125. The first-order valence-corrected chi connectivity index (χ1v) is 6.32. The third-order valence-corrected chi connectivity index (χ3v) is 2.97. The highest BCUT2D eigenvalue weighted by Gasteiger charge is 2.18. The quantitative estimate of drug-likeness (QED) is 0.802. The first kappa shape index (κ1) is 12.4. The second kappa shape index (κ2) is 5.57. The van der Waals surface area contributed by atoms with E-state index in [0.29, 0.717) is 5.57 Å². The van der Waals surface area contributed by atoms with Crippen molar-refractivity contribution in [3.05, 3.63) is 65.5 Å². The van der Waals surface area contributed by atoms with Gasteiger partial charge in [0.15, 0.2) is 0 Å². The SMILES string of the molecule is O=C(OCc1ccccn1)C1=Cc2ccccc2OC1. The van der Waals surface area contributed by atoms with Crippen molar-refractivity contribution < 1.29 is 14.3 Å². The van der Waals surface area contributed by atoms with Crippen LogP contribution in [-0.2, 0) is 16.1 Å². The molecule has 2 aromatic rings. The molecule has 1 aromatic heterocycles. The molecule has 0 amide bonds. The van der Waals surface area contributed by atoms with Gasteiger partial charge in [-0.05, 0) is 24.3 Å². The number of para-hydroxylation sites is 1. The summed E-state index contributed by atoms with van der Waals surface area (Å²) >= 11 is 0. The third-order valence-electron chi connectivity index (χ3n) is 2.97. The Morgan fingerprint density at radius 3 is 2.90 bits per heavy atom. The molecule has 3 rings (SSSR count). The van der Waals surface area contributed by atoms with Gasteiger partial charge >= 0.3 is 5.97 Å². The van der Waals surface area contributed by atoms with Crippen LogP contribution >= 0.6 is 0 Å². The fourth-order valence-electron chi connectivity index (χ4n) is 1.95. The van der Waals surface area contributed by atoms with Gasteiger partial charge in [0, 0.05) is 11.8 Å². The Morgan fingerprint density at radius 2 is 2.05 bits per heavy atom. The van der Waals surface area contributed by atoms with Crippen molar-refractivity contribution in [1.82, 2.24) is 4.98 Å². The van der Waals surface area contributed by atoms with Gasteiger partial charge in [-0.25, -0.2) is 4.79 Å². The van der Waals surface area contributed by atoms with E-state index in [4.69, 9.17) is 9.47 Å². The summed E-state index contributed by atoms with van der Waals surface area (Å²) in [6.45, 7) is 0.400. The number of benzene rings is 1. The van der Waals surface area contributed by atoms with Crippen LogP contribution < -0.4 is 4.74 Å². The van der Waals surface area contributed by atoms with E-state index in [1.165, 1.54) is 0 Å². The van der Waals surface area contributed by atoms with Gasteiger partial charge < -0.3 is 9.47 Å². The summed E-state index contributed by atoms with van der Waals surface area (Å²) in [5.74, 6) is 0.416. The van der Waals surface area contributed by atoms with Gasteiger partial charge in [-0.3, -0.25) is 4.98 Å². The lowest BCUT2D eigenvalue weighted by Gasteiger charge is -2.16. The van der Waals surface area contributed by atoms with E-state index >= 15 is 0 Å². The Kier molecular flexibility index (Phi) is 3.46. The van der Waals surface area contributed by atoms with E-state index in [9.17, 15) is 4.79 Å². The average molecular weight is 267 g/mol. The number of ether oxygens (including phenoxy) is 2. The molecule has 4 nitrogen and oxygen atoms in total. The topological polar surface area (TPSA) is 48.4 Å². The van der Waals surface area contributed by atoms with Gasteiger partial charge in [0.25, 0.3) is 0 Å². The van der Waals surface area contributed by atoms with E-state index in [-0.39, 0.29) is 19.2 Å². The normalized spacial score (nSPS) is 12.9. The number of fused-ring (bicyclic) bond motifs is 1. The second-order valence-electron chi connectivity index (χ2n) is 4.39. The monoisotopic (exact) mass is 267 g/mol. The molecule has 0 spiro atoms. The van der Waals surface area contributed by atoms with Crippen molar-refractivity contribution in [2.24, 2.45) is 0 Å². The lowest BCUT2D eigenvalue weighted by molar-refractivity contribution is -0.140. The smallest absolute Gasteiger partial charge is 0.337 e. The van der Waals surface area contributed by atoms with Crippen molar-refractivity contribution in [3.8, 4) is 5.75 Å². The lowest BCUT2D eigenvalue weighted by atomic mass is 10.1. The number of aromatic nitrogens is 1. The molecule has 0 aliphatic carbocycles. The molecule has 0 saturated carbocycles. The zero-order valence-corrected chi connectivity index (χ0v) is 10.8. The number of carbonyl (C=O) groups excluding carboxylic acids is 1. The van der Waals surface area contributed by atoms with Gasteiger partial charge in [-0.1, -0.05) is 24.3 Å².